The molecule has 0 saturated heterocycles. The van der Waals surface area contributed by atoms with Gasteiger partial charge in [0, 0.05) is 27.7 Å². The maximum absolute atomic E-state index is 11.6. The lowest BCUT2D eigenvalue weighted by Gasteiger charge is -2.30. The monoisotopic (exact) mass is 488 g/mol. The Morgan fingerprint density at radius 1 is 0.541 bits per heavy atom. The van der Waals surface area contributed by atoms with E-state index < -0.39 is 5.41 Å². The maximum atomic E-state index is 11.6. The molecule has 0 aliphatic heterocycles. The van der Waals surface area contributed by atoms with E-state index in [2.05, 4.69) is 64.1 Å². The Labute approximate surface area is 221 Å². The highest BCUT2D eigenvalue weighted by Gasteiger charge is 2.32. The van der Waals surface area contributed by atoms with E-state index in [0.29, 0.717) is 0 Å². The van der Waals surface area contributed by atoms with E-state index in [9.17, 15) is 10.2 Å². The van der Waals surface area contributed by atoms with Gasteiger partial charge in [0.15, 0.2) is 0 Å². The molecule has 0 fully saturated rings. The summed E-state index contributed by atoms with van der Waals surface area (Å²) >= 11 is 0. The van der Waals surface area contributed by atoms with Gasteiger partial charge in [0.2, 0.25) is 0 Å². The van der Waals surface area contributed by atoms with E-state index in [-0.39, 0.29) is 11.5 Å². The first kappa shape index (κ1) is 26.0. The molecule has 2 N–H and O–H groups in total. The molecule has 37 heavy (non-hydrogen) atoms. The zero-order valence-electron chi connectivity index (χ0n) is 22.6. The molecule has 0 atom stereocenters. The Bertz CT molecular complexity index is 1390. The Hall–Kier alpha value is -4.04. The van der Waals surface area contributed by atoms with Crippen LogP contribution in [0.5, 0.6) is 11.5 Å². The average Bonchev–Trinajstić information content (AvgIpc) is 2.87. The summed E-state index contributed by atoms with van der Waals surface area (Å²) in [6.45, 7) is 12.2. The van der Waals surface area contributed by atoms with Gasteiger partial charge in [-0.1, -0.05) is 111 Å². The summed E-state index contributed by atoms with van der Waals surface area (Å²) in [7, 11) is 0. The molecule has 4 rings (SSSR count). The molecule has 188 valence electrons. The van der Waals surface area contributed by atoms with E-state index >= 15 is 0 Å². The third-order valence-corrected chi connectivity index (χ3v) is 7.32. The molecule has 2 heteroatoms. The normalized spacial score (nSPS) is 12.1. The zero-order valence-corrected chi connectivity index (χ0v) is 22.6. The largest absolute Gasteiger partial charge is 0.507 e. The quantitative estimate of drug-likeness (QED) is 0.284. The van der Waals surface area contributed by atoms with Gasteiger partial charge in [-0.3, -0.25) is 0 Å². The molecule has 2 nitrogen and oxygen atoms in total. The topological polar surface area (TPSA) is 40.5 Å². The first-order valence-corrected chi connectivity index (χ1v) is 12.8. The van der Waals surface area contributed by atoms with E-state index in [4.69, 9.17) is 0 Å². The standard InChI is InChI=1S/C35H36O2/c1-7-13-29-27(25-17-11-9-15-23(25)3)19-21-31(33(29)36)35(5,6)32-22-20-28(30(14-8-2)34(32)37)26-18-12-10-16-24(26)4/h7-22,36-37H,1-6H3. The SMILES string of the molecule is CC=Cc1c(-c2ccccc2C)ccc(C(C)(C)c2ccc(-c3ccccc3C)c(C=CC)c2O)c1O. The van der Waals surface area contributed by atoms with Gasteiger partial charge < -0.3 is 10.2 Å². The lowest BCUT2D eigenvalue weighted by molar-refractivity contribution is 0.434. The fraction of sp³-hybridized carbons (Fsp3) is 0.200. The number of phenolic OH excluding ortho intramolecular Hbond substituents is 2. The summed E-state index contributed by atoms with van der Waals surface area (Å²) in [6.07, 6.45) is 7.82. The number of hydrogen-bond acceptors (Lipinski definition) is 2. The van der Waals surface area contributed by atoms with Crippen LogP contribution in [0.25, 0.3) is 34.4 Å². The van der Waals surface area contributed by atoms with Crippen LogP contribution in [0, 0.1) is 13.8 Å². The van der Waals surface area contributed by atoms with E-state index in [1.54, 1.807) is 0 Å². The number of benzene rings is 4. The van der Waals surface area contributed by atoms with Crippen molar-refractivity contribution in [2.45, 2.75) is 47.0 Å². The number of phenols is 2. The Kier molecular flexibility index (Phi) is 7.40. The third kappa shape index (κ3) is 4.72. The number of allylic oxidation sites excluding steroid dienone is 2. The lowest BCUT2D eigenvalue weighted by Crippen LogP contribution is -2.20. The van der Waals surface area contributed by atoms with Crippen molar-refractivity contribution in [3.05, 3.63) is 118 Å². The molecular formula is C35H36O2. The van der Waals surface area contributed by atoms with Gasteiger partial charge in [-0.15, -0.1) is 0 Å². The molecule has 0 radical (unpaired) electrons. The minimum Gasteiger partial charge on any atom is -0.507 e. The van der Waals surface area contributed by atoms with Gasteiger partial charge in [-0.05, 0) is 61.1 Å². The highest BCUT2D eigenvalue weighted by Crippen LogP contribution is 2.47. The van der Waals surface area contributed by atoms with Crippen LogP contribution in [-0.2, 0) is 5.41 Å². The predicted octanol–water partition coefficient (Wildman–Crippen LogP) is 9.44. The molecule has 4 aromatic rings. The van der Waals surface area contributed by atoms with Gasteiger partial charge in [-0.2, -0.15) is 0 Å². The Morgan fingerprint density at radius 3 is 1.27 bits per heavy atom. The van der Waals surface area contributed by atoms with Gasteiger partial charge in [0.25, 0.3) is 0 Å². The summed E-state index contributed by atoms with van der Waals surface area (Å²) in [5, 5.41) is 23.3. The van der Waals surface area contributed by atoms with Gasteiger partial charge in [-0.25, -0.2) is 0 Å². The minimum atomic E-state index is -0.657. The number of hydrogen-bond donors (Lipinski definition) is 2. The summed E-state index contributed by atoms with van der Waals surface area (Å²) in [4.78, 5) is 0. The van der Waals surface area contributed by atoms with Crippen LogP contribution in [0.3, 0.4) is 0 Å². The van der Waals surface area contributed by atoms with Crippen molar-refractivity contribution >= 4 is 12.2 Å². The first-order valence-electron chi connectivity index (χ1n) is 12.8. The Morgan fingerprint density at radius 2 is 0.919 bits per heavy atom. The summed E-state index contributed by atoms with van der Waals surface area (Å²) in [5.74, 6) is 0.470. The van der Waals surface area contributed by atoms with Crippen molar-refractivity contribution in [2.75, 3.05) is 0 Å². The molecule has 0 saturated carbocycles. The molecule has 0 spiro atoms. The second-order valence-corrected chi connectivity index (χ2v) is 10.1. The van der Waals surface area contributed by atoms with E-state index in [1.807, 2.05) is 74.5 Å². The van der Waals surface area contributed by atoms with Crippen molar-refractivity contribution < 1.29 is 10.2 Å². The number of aromatic hydroxyl groups is 2. The summed E-state index contributed by atoms with van der Waals surface area (Å²) < 4.78 is 0. The molecule has 0 unspecified atom stereocenters. The molecule has 0 aromatic heterocycles. The molecule has 0 heterocycles. The molecular weight excluding hydrogens is 452 g/mol. The molecule has 0 bridgehead atoms. The molecule has 0 amide bonds. The molecule has 4 aromatic carbocycles. The summed E-state index contributed by atoms with van der Waals surface area (Å²) in [6, 6.07) is 24.6. The molecule has 0 aliphatic rings. The van der Waals surface area contributed by atoms with Crippen LogP contribution < -0.4 is 0 Å². The predicted molar refractivity (Wildman–Crippen MR) is 158 cm³/mol. The number of aryl methyl sites for hydroxylation is 2. The van der Waals surface area contributed by atoms with Crippen LogP contribution in [0.15, 0.2) is 84.9 Å². The average molecular weight is 489 g/mol. The van der Waals surface area contributed by atoms with Gasteiger partial charge in [0.1, 0.15) is 11.5 Å². The fourth-order valence-electron chi connectivity index (χ4n) is 5.26. The highest BCUT2D eigenvalue weighted by molar-refractivity contribution is 5.84. The lowest BCUT2D eigenvalue weighted by atomic mass is 9.74. The van der Waals surface area contributed by atoms with Crippen LogP contribution in [0.1, 0.15) is 61.1 Å². The second kappa shape index (κ2) is 10.5. The first-order chi connectivity index (χ1) is 17.7. The number of rotatable bonds is 6. The molecule has 0 aliphatic carbocycles. The van der Waals surface area contributed by atoms with Gasteiger partial charge in [0.05, 0.1) is 0 Å². The van der Waals surface area contributed by atoms with Crippen molar-refractivity contribution in [3.63, 3.8) is 0 Å². The second-order valence-electron chi connectivity index (χ2n) is 10.1. The van der Waals surface area contributed by atoms with Crippen LogP contribution in [0.2, 0.25) is 0 Å². The van der Waals surface area contributed by atoms with Gasteiger partial charge >= 0.3 is 0 Å². The summed E-state index contributed by atoms with van der Waals surface area (Å²) in [5.41, 5.74) is 8.91. The van der Waals surface area contributed by atoms with Crippen LogP contribution in [0.4, 0.5) is 0 Å². The third-order valence-electron chi connectivity index (χ3n) is 7.32. The van der Waals surface area contributed by atoms with Crippen molar-refractivity contribution in [1.29, 1.82) is 0 Å². The van der Waals surface area contributed by atoms with Crippen molar-refractivity contribution in [1.82, 2.24) is 0 Å². The van der Waals surface area contributed by atoms with Crippen LogP contribution in [-0.4, -0.2) is 10.2 Å². The Balaban J connectivity index is 1.92. The van der Waals surface area contributed by atoms with E-state index in [0.717, 1.165) is 55.6 Å². The van der Waals surface area contributed by atoms with Crippen molar-refractivity contribution in [3.8, 4) is 33.8 Å². The van der Waals surface area contributed by atoms with Crippen LogP contribution >= 0.6 is 0 Å². The van der Waals surface area contributed by atoms with E-state index in [1.165, 1.54) is 0 Å². The highest BCUT2D eigenvalue weighted by atomic mass is 16.3. The zero-order chi connectivity index (χ0) is 26.7. The minimum absolute atomic E-state index is 0.235. The maximum Gasteiger partial charge on any atom is 0.127 e. The van der Waals surface area contributed by atoms with Crippen molar-refractivity contribution in [2.24, 2.45) is 0 Å². The fourth-order valence-corrected chi connectivity index (χ4v) is 5.26. The smallest absolute Gasteiger partial charge is 0.127 e.